The molecule has 0 aromatic heterocycles. The average Bonchev–Trinajstić information content (AvgIpc) is 3.02. The molecule has 2 aliphatic heterocycles. The predicted octanol–water partition coefficient (Wildman–Crippen LogP) is 1.35. The molecule has 1 aromatic rings. The Kier molecular flexibility index (Phi) is 6.17. The summed E-state index contributed by atoms with van der Waals surface area (Å²) in [5.74, 6) is 0.323. The lowest BCUT2D eigenvalue weighted by molar-refractivity contribution is 0.0702. The highest BCUT2D eigenvalue weighted by Crippen LogP contribution is 2.27. The Morgan fingerprint density at radius 1 is 1.28 bits per heavy atom. The summed E-state index contributed by atoms with van der Waals surface area (Å²) in [7, 11) is 0. The lowest BCUT2D eigenvalue weighted by atomic mass is 10.1. The van der Waals surface area contributed by atoms with Crippen LogP contribution in [-0.4, -0.2) is 72.3 Å². The number of β-amino-alcohol motifs (C(OH)–C–C–N with tert-alkyl or cyclic N) is 1. The number of likely N-dealkylation sites (tertiary alicyclic amines) is 2. The standard InChI is InChI=1S/C18H26ClN3O3/c19-13-4-5-17(25-9-6-20)14(10-13)18(24)22-11-15(16(23)12-22)21-7-2-1-3-8-21/h4-5,10,15-16,23H,1-3,6-9,11-12,20H2/t15-,16-/m0/s1. The van der Waals surface area contributed by atoms with E-state index in [1.807, 2.05) is 0 Å². The van der Waals surface area contributed by atoms with E-state index in [-0.39, 0.29) is 11.9 Å². The van der Waals surface area contributed by atoms with Crippen LogP contribution in [0.15, 0.2) is 18.2 Å². The van der Waals surface area contributed by atoms with E-state index in [0.717, 1.165) is 25.9 Å². The third-order valence-corrected chi connectivity index (χ3v) is 5.19. The number of piperidine rings is 1. The van der Waals surface area contributed by atoms with Crippen molar-refractivity contribution in [1.82, 2.24) is 9.80 Å². The quantitative estimate of drug-likeness (QED) is 0.821. The minimum absolute atomic E-state index is 0.0110. The van der Waals surface area contributed by atoms with Gasteiger partial charge in [0.05, 0.1) is 17.7 Å². The largest absolute Gasteiger partial charge is 0.491 e. The Balaban J connectivity index is 1.74. The van der Waals surface area contributed by atoms with Crippen molar-refractivity contribution in [3.63, 3.8) is 0 Å². The number of nitrogens with two attached hydrogens (primary N) is 1. The van der Waals surface area contributed by atoms with E-state index in [4.69, 9.17) is 22.1 Å². The zero-order chi connectivity index (χ0) is 17.8. The van der Waals surface area contributed by atoms with Crippen LogP contribution in [0.2, 0.25) is 5.02 Å². The normalized spacial score (nSPS) is 24.5. The summed E-state index contributed by atoms with van der Waals surface area (Å²) in [6, 6.07) is 5.02. The van der Waals surface area contributed by atoms with Gasteiger partial charge in [0, 0.05) is 24.7 Å². The number of halogens is 1. The Morgan fingerprint density at radius 2 is 2.04 bits per heavy atom. The number of nitrogens with zero attached hydrogens (tertiary/aromatic N) is 2. The molecule has 0 saturated carbocycles. The van der Waals surface area contributed by atoms with Crippen LogP contribution in [0.1, 0.15) is 29.6 Å². The van der Waals surface area contributed by atoms with E-state index in [0.29, 0.717) is 42.6 Å². The summed E-state index contributed by atoms with van der Waals surface area (Å²) >= 11 is 6.07. The first kappa shape index (κ1) is 18.5. The number of carbonyl (C=O) groups is 1. The number of hydrogen-bond donors (Lipinski definition) is 2. The summed E-state index contributed by atoms with van der Waals surface area (Å²) < 4.78 is 5.59. The Morgan fingerprint density at radius 3 is 2.76 bits per heavy atom. The minimum Gasteiger partial charge on any atom is -0.491 e. The van der Waals surface area contributed by atoms with E-state index in [1.165, 1.54) is 6.42 Å². The molecular weight excluding hydrogens is 342 g/mol. The van der Waals surface area contributed by atoms with Crippen molar-refractivity contribution < 1.29 is 14.6 Å². The second kappa shape index (κ2) is 8.36. The first-order chi connectivity index (χ1) is 12.1. The van der Waals surface area contributed by atoms with Gasteiger partial charge in [-0.05, 0) is 44.1 Å². The zero-order valence-corrected chi connectivity index (χ0v) is 15.1. The Hall–Kier alpha value is -1.34. The highest BCUT2D eigenvalue weighted by molar-refractivity contribution is 6.31. The molecule has 3 N–H and O–H groups in total. The number of carbonyl (C=O) groups excluding carboxylic acids is 1. The monoisotopic (exact) mass is 367 g/mol. The van der Waals surface area contributed by atoms with E-state index in [9.17, 15) is 9.90 Å². The number of hydrogen-bond acceptors (Lipinski definition) is 5. The van der Waals surface area contributed by atoms with Gasteiger partial charge in [0.15, 0.2) is 0 Å². The van der Waals surface area contributed by atoms with Crippen LogP contribution >= 0.6 is 11.6 Å². The number of aliphatic hydroxyl groups is 1. The summed E-state index contributed by atoms with van der Waals surface area (Å²) in [4.78, 5) is 17.0. The maximum atomic E-state index is 13.0. The van der Waals surface area contributed by atoms with Crippen LogP contribution in [0.3, 0.4) is 0 Å². The molecule has 0 spiro atoms. The first-order valence-electron chi connectivity index (χ1n) is 8.94. The van der Waals surface area contributed by atoms with Crippen LogP contribution in [0.5, 0.6) is 5.75 Å². The van der Waals surface area contributed by atoms with Gasteiger partial charge in [-0.25, -0.2) is 0 Å². The van der Waals surface area contributed by atoms with Crippen molar-refractivity contribution in [2.24, 2.45) is 5.73 Å². The Labute approximate surface area is 153 Å². The maximum Gasteiger partial charge on any atom is 0.257 e. The molecular formula is C18H26ClN3O3. The van der Waals surface area contributed by atoms with Crippen molar-refractivity contribution in [2.45, 2.75) is 31.4 Å². The molecule has 0 bridgehead atoms. The molecule has 0 unspecified atom stereocenters. The predicted molar refractivity (Wildman–Crippen MR) is 97.1 cm³/mol. The van der Waals surface area contributed by atoms with Crippen molar-refractivity contribution in [3.8, 4) is 5.75 Å². The molecule has 2 atom stereocenters. The second-order valence-electron chi connectivity index (χ2n) is 6.72. The smallest absolute Gasteiger partial charge is 0.257 e. The Bertz CT molecular complexity index is 607. The van der Waals surface area contributed by atoms with Gasteiger partial charge in [-0.3, -0.25) is 9.69 Å². The summed E-state index contributed by atoms with van der Waals surface area (Å²) in [6.07, 6.45) is 3.03. The SMILES string of the molecule is NCCOc1ccc(Cl)cc1C(=O)N1C[C@H](O)[C@@H](N2CCCCC2)C1. The molecule has 2 heterocycles. The highest BCUT2D eigenvalue weighted by Gasteiger charge is 2.38. The number of rotatable bonds is 5. The number of aliphatic hydroxyl groups excluding tert-OH is 1. The third-order valence-electron chi connectivity index (χ3n) is 4.95. The van der Waals surface area contributed by atoms with E-state index < -0.39 is 6.10 Å². The average molecular weight is 368 g/mol. The summed E-state index contributed by atoms with van der Waals surface area (Å²) in [5.41, 5.74) is 5.91. The molecule has 0 aliphatic carbocycles. The first-order valence-corrected chi connectivity index (χ1v) is 9.31. The van der Waals surface area contributed by atoms with Crippen molar-refractivity contribution >= 4 is 17.5 Å². The number of benzene rings is 1. The molecule has 2 fully saturated rings. The van der Waals surface area contributed by atoms with Crippen LogP contribution in [0, 0.1) is 0 Å². The molecule has 0 radical (unpaired) electrons. The molecule has 25 heavy (non-hydrogen) atoms. The van der Waals surface area contributed by atoms with Crippen molar-refractivity contribution in [3.05, 3.63) is 28.8 Å². The minimum atomic E-state index is -0.519. The van der Waals surface area contributed by atoms with Gasteiger partial charge < -0.3 is 20.5 Å². The fraction of sp³-hybridized carbons (Fsp3) is 0.611. The maximum absolute atomic E-state index is 13.0. The van der Waals surface area contributed by atoms with Gasteiger partial charge in [-0.15, -0.1) is 0 Å². The number of ether oxygens (including phenoxy) is 1. The van der Waals surface area contributed by atoms with E-state index in [2.05, 4.69) is 4.90 Å². The van der Waals surface area contributed by atoms with Gasteiger partial charge in [-0.1, -0.05) is 18.0 Å². The van der Waals surface area contributed by atoms with Crippen molar-refractivity contribution in [2.75, 3.05) is 39.3 Å². The molecule has 1 amide bonds. The van der Waals surface area contributed by atoms with Crippen molar-refractivity contribution in [1.29, 1.82) is 0 Å². The molecule has 6 nitrogen and oxygen atoms in total. The molecule has 2 saturated heterocycles. The summed E-state index contributed by atoms with van der Waals surface area (Å²) in [5, 5.41) is 10.9. The fourth-order valence-corrected chi connectivity index (χ4v) is 3.85. The third kappa shape index (κ3) is 4.26. The van der Waals surface area contributed by atoms with Gasteiger partial charge >= 0.3 is 0 Å². The highest BCUT2D eigenvalue weighted by atomic mass is 35.5. The topological polar surface area (TPSA) is 79.0 Å². The molecule has 2 aliphatic rings. The fourth-order valence-electron chi connectivity index (χ4n) is 3.68. The molecule has 1 aromatic carbocycles. The molecule has 3 rings (SSSR count). The van der Waals surface area contributed by atoms with Gasteiger partial charge in [0.2, 0.25) is 0 Å². The lowest BCUT2D eigenvalue weighted by Gasteiger charge is -2.33. The van der Waals surface area contributed by atoms with Gasteiger partial charge in [0.25, 0.3) is 5.91 Å². The van der Waals surface area contributed by atoms with Crippen LogP contribution in [0.25, 0.3) is 0 Å². The van der Waals surface area contributed by atoms with Crippen LogP contribution in [0.4, 0.5) is 0 Å². The molecule has 138 valence electrons. The van der Waals surface area contributed by atoms with E-state index in [1.54, 1.807) is 23.1 Å². The second-order valence-corrected chi connectivity index (χ2v) is 7.16. The summed E-state index contributed by atoms with van der Waals surface area (Å²) in [6.45, 7) is 3.56. The van der Waals surface area contributed by atoms with Gasteiger partial charge in [-0.2, -0.15) is 0 Å². The van der Waals surface area contributed by atoms with Crippen LogP contribution in [-0.2, 0) is 0 Å². The van der Waals surface area contributed by atoms with E-state index >= 15 is 0 Å². The van der Waals surface area contributed by atoms with Gasteiger partial charge in [0.1, 0.15) is 12.4 Å². The lowest BCUT2D eigenvalue weighted by Crippen LogP contribution is -2.46. The van der Waals surface area contributed by atoms with Crippen LogP contribution < -0.4 is 10.5 Å². The zero-order valence-electron chi connectivity index (χ0n) is 14.4. The number of amides is 1. The molecule has 7 heteroatoms.